The molecule has 0 saturated carbocycles. The molecular weight excluding hydrogens is 432 g/mol. The van der Waals surface area contributed by atoms with E-state index in [2.05, 4.69) is 15.8 Å². The van der Waals surface area contributed by atoms with Gasteiger partial charge in [0.05, 0.1) is 16.3 Å². The number of fused-ring (bicyclic) bond motifs is 1. The molecule has 32 heavy (non-hydrogen) atoms. The lowest BCUT2D eigenvalue weighted by atomic mass is 9.93. The van der Waals surface area contributed by atoms with Crippen molar-refractivity contribution in [1.29, 1.82) is 0 Å². The third-order valence-corrected chi connectivity index (χ3v) is 5.77. The third-order valence-electron chi connectivity index (χ3n) is 5.36. The van der Waals surface area contributed by atoms with Crippen LogP contribution in [0, 0.1) is 24.0 Å². The zero-order valence-electron chi connectivity index (χ0n) is 17.6. The van der Waals surface area contributed by atoms with Gasteiger partial charge in [0.15, 0.2) is 5.76 Å². The highest BCUT2D eigenvalue weighted by molar-refractivity contribution is 6.31. The van der Waals surface area contributed by atoms with Crippen molar-refractivity contribution in [2.45, 2.75) is 33.1 Å². The van der Waals surface area contributed by atoms with Crippen LogP contribution in [0.4, 0.5) is 17.1 Å². The number of nitrogens with zero attached hydrogens (tertiary/aromatic N) is 2. The van der Waals surface area contributed by atoms with Crippen molar-refractivity contribution in [2.75, 3.05) is 10.7 Å². The second-order valence-corrected chi connectivity index (χ2v) is 8.01. The van der Waals surface area contributed by atoms with E-state index in [-0.39, 0.29) is 17.4 Å². The summed E-state index contributed by atoms with van der Waals surface area (Å²) in [5.74, 6) is 0.626. The number of hydrazone groups is 1. The molecular formula is C23H21ClN4O4. The van der Waals surface area contributed by atoms with Gasteiger partial charge in [0.25, 0.3) is 11.6 Å². The SMILES string of the molecule is Cc1ccc(NC(=O)c2oc3c(c2C)/C(=N/Nc2ccc([N+](=O)[O-])cc2)CCC3)cc1Cl. The molecule has 1 aromatic heterocycles. The maximum absolute atomic E-state index is 12.9. The lowest BCUT2D eigenvalue weighted by Crippen LogP contribution is -2.14. The fourth-order valence-corrected chi connectivity index (χ4v) is 3.83. The molecule has 8 nitrogen and oxygen atoms in total. The number of hydrogen-bond acceptors (Lipinski definition) is 6. The molecule has 9 heteroatoms. The summed E-state index contributed by atoms with van der Waals surface area (Å²) in [6.45, 7) is 3.73. The fourth-order valence-electron chi connectivity index (χ4n) is 3.64. The Morgan fingerprint density at radius 1 is 1.12 bits per heavy atom. The van der Waals surface area contributed by atoms with E-state index in [1.807, 2.05) is 19.9 Å². The Labute approximate surface area is 189 Å². The molecule has 0 saturated heterocycles. The number of carbonyl (C=O) groups is 1. The van der Waals surface area contributed by atoms with Crippen molar-refractivity contribution in [3.05, 3.63) is 85.8 Å². The van der Waals surface area contributed by atoms with E-state index in [1.165, 1.54) is 12.1 Å². The molecule has 0 radical (unpaired) electrons. The molecule has 1 aliphatic carbocycles. The van der Waals surface area contributed by atoms with Crippen LogP contribution in [0.25, 0.3) is 0 Å². The van der Waals surface area contributed by atoms with E-state index in [4.69, 9.17) is 16.0 Å². The second kappa shape index (κ2) is 8.84. The first-order valence-electron chi connectivity index (χ1n) is 10.1. The highest BCUT2D eigenvalue weighted by Crippen LogP contribution is 2.31. The average molecular weight is 453 g/mol. The number of rotatable bonds is 5. The molecule has 1 heterocycles. The quantitative estimate of drug-likeness (QED) is 0.372. The van der Waals surface area contributed by atoms with Crippen LogP contribution in [0.1, 0.15) is 45.8 Å². The maximum atomic E-state index is 12.9. The fraction of sp³-hybridized carbons (Fsp3) is 0.217. The number of halogens is 1. The molecule has 1 aliphatic rings. The van der Waals surface area contributed by atoms with Crippen molar-refractivity contribution in [3.8, 4) is 0 Å². The van der Waals surface area contributed by atoms with Gasteiger partial charge in [0, 0.05) is 40.4 Å². The maximum Gasteiger partial charge on any atom is 0.291 e. The summed E-state index contributed by atoms with van der Waals surface area (Å²) in [4.78, 5) is 23.2. The average Bonchev–Trinajstić information content (AvgIpc) is 3.12. The second-order valence-electron chi connectivity index (χ2n) is 7.60. The van der Waals surface area contributed by atoms with Crippen molar-refractivity contribution < 1.29 is 14.1 Å². The van der Waals surface area contributed by atoms with E-state index in [1.54, 1.807) is 24.3 Å². The minimum atomic E-state index is -0.449. The molecule has 0 bridgehead atoms. The number of anilines is 2. The van der Waals surface area contributed by atoms with Gasteiger partial charge in [-0.25, -0.2) is 0 Å². The van der Waals surface area contributed by atoms with Gasteiger partial charge in [0.1, 0.15) is 5.76 Å². The molecule has 4 rings (SSSR count). The van der Waals surface area contributed by atoms with Crippen LogP contribution < -0.4 is 10.7 Å². The monoisotopic (exact) mass is 452 g/mol. The summed E-state index contributed by atoms with van der Waals surface area (Å²) in [5.41, 5.74) is 7.44. The van der Waals surface area contributed by atoms with Gasteiger partial charge in [-0.2, -0.15) is 5.10 Å². The summed E-state index contributed by atoms with van der Waals surface area (Å²) in [6.07, 6.45) is 2.29. The van der Waals surface area contributed by atoms with Gasteiger partial charge in [-0.15, -0.1) is 0 Å². The van der Waals surface area contributed by atoms with Gasteiger partial charge in [-0.1, -0.05) is 17.7 Å². The summed E-state index contributed by atoms with van der Waals surface area (Å²) in [5, 5.41) is 18.7. The number of aryl methyl sites for hydroxylation is 2. The smallest absolute Gasteiger partial charge is 0.291 e. The van der Waals surface area contributed by atoms with Gasteiger partial charge < -0.3 is 9.73 Å². The number of hydrogen-bond donors (Lipinski definition) is 2. The Morgan fingerprint density at radius 3 is 2.53 bits per heavy atom. The molecule has 3 aromatic rings. The topological polar surface area (TPSA) is 110 Å². The third kappa shape index (κ3) is 4.36. The lowest BCUT2D eigenvalue weighted by Gasteiger charge is -2.13. The first-order valence-corrected chi connectivity index (χ1v) is 10.5. The number of non-ortho nitro benzene ring substituents is 1. The van der Waals surface area contributed by atoms with E-state index in [0.29, 0.717) is 16.4 Å². The summed E-state index contributed by atoms with van der Waals surface area (Å²) in [7, 11) is 0. The van der Waals surface area contributed by atoms with E-state index < -0.39 is 4.92 Å². The van der Waals surface area contributed by atoms with Crippen LogP contribution in [0.15, 0.2) is 52.0 Å². The molecule has 164 valence electrons. The summed E-state index contributed by atoms with van der Waals surface area (Å²) in [6, 6.07) is 11.4. The van der Waals surface area contributed by atoms with E-state index >= 15 is 0 Å². The number of nitro groups is 1. The van der Waals surface area contributed by atoms with Gasteiger partial charge in [0.2, 0.25) is 0 Å². The molecule has 0 fully saturated rings. The van der Waals surface area contributed by atoms with Crippen molar-refractivity contribution >= 4 is 40.3 Å². The van der Waals surface area contributed by atoms with Gasteiger partial charge >= 0.3 is 0 Å². The zero-order valence-corrected chi connectivity index (χ0v) is 18.3. The molecule has 2 N–H and O–H groups in total. The normalized spacial score (nSPS) is 14.2. The molecule has 2 aromatic carbocycles. The zero-order chi connectivity index (χ0) is 22.8. The standard InChI is InChI=1S/C23H21ClN4O4/c1-13-6-7-16(12-18(13)24)25-23(29)22-14(2)21-19(4-3-5-20(21)32-22)27-26-15-8-10-17(11-9-15)28(30)31/h6-12,26H,3-5H2,1-2H3,(H,25,29)/b27-19+. The van der Waals surface area contributed by atoms with Gasteiger partial charge in [-0.05, 0) is 56.5 Å². The van der Waals surface area contributed by atoms with Crippen LogP contribution in [0.3, 0.4) is 0 Å². The Bertz CT molecular complexity index is 1230. The molecule has 1 amide bonds. The van der Waals surface area contributed by atoms with Crippen LogP contribution in [0.2, 0.25) is 5.02 Å². The predicted molar refractivity (Wildman–Crippen MR) is 124 cm³/mol. The first kappa shape index (κ1) is 21.6. The van der Waals surface area contributed by atoms with Crippen molar-refractivity contribution in [2.24, 2.45) is 5.10 Å². The Kier molecular flexibility index (Phi) is 5.96. The lowest BCUT2D eigenvalue weighted by molar-refractivity contribution is -0.384. The Hall–Kier alpha value is -3.65. The van der Waals surface area contributed by atoms with Crippen LogP contribution in [-0.2, 0) is 6.42 Å². The van der Waals surface area contributed by atoms with Crippen molar-refractivity contribution in [1.82, 2.24) is 0 Å². The number of nitrogens with one attached hydrogen (secondary N) is 2. The van der Waals surface area contributed by atoms with Crippen LogP contribution >= 0.6 is 11.6 Å². The van der Waals surface area contributed by atoms with E-state index in [0.717, 1.165) is 47.4 Å². The minimum absolute atomic E-state index is 0.0133. The number of amides is 1. The van der Waals surface area contributed by atoms with Crippen LogP contribution in [0.5, 0.6) is 0 Å². The Morgan fingerprint density at radius 2 is 1.84 bits per heavy atom. The van der Waals surface area contributed by atoms with Gasteiger partial charge in [-0.3, -0.25) is 20.3 Å². The van der Waals surface area contributed by atoms with Crippen LogP contribution in [-0.4, -0.2) is 16.5 Å². The highest BCUT2D eigenvalue weighted by Gasteiger charge is 2.28. The highest BCUT2D eigenvalue weighted by atomic mass is 35.5. The summed E-state index contributed by atoms with van der Waals surface area (Å²) < 4.78 is 5.92. The Balaban J connectivity index is 1.56. The minimum Gasteiger partial charge on any atom is -0.455 e. The molecule has 0 unspecified atom stereocenters. The van der Waals surface area contributed by atoms with E-state index in [9.17, 15) is 14.9 Å². The molecule has 0 aliphatic heterocycles. The largest absolute Gasteiger partial charge is 0.455 e. The number of benzene rings is 2. The number of carbonyl (C=O) groups excluding carboxylic acids is 1. The number of furan rings is 1. The number of nitro benzene ring substituents is 1. The van der Waals surface area contributed by atoms with Crippen molar-refractivity contribution in [3.63, 3.8) is 0 Å². The predicted octanol–water partition coefficient (Wildman–Crippen LogP) is 5.86. The summed E-state index contributed by atoms with van der Waals surface area (Å²) >= 11 is 6.15. The molecule has 0 spiro atoms. The molecule has 0 atom stereocenters. The first-order chi connectivity index (χ1) is 15.3.